The average Bonchev–Trinajstić information content (AvgIpc) is 2.30. The summed E-state index contributed by atoms with van der Waals surface area (Å²) in [7, 11) is 0. The molecule has 94 valence electrons. The van der Waals surface area contributed by atoms with Crippen LogP contribution in [0, 0.1) is 12.7 Å². The van der Waals surface area contributed by atoms with Crippen molar-refractivity contribution < 1.29 is 9.50 Å². The number of rotatable bonds is 4. The predicted molar refractivity (Wildman–Crippen MR) is 69.8 cm³/mol. The van der Waals surface area contributed by atoms with Gasteiger partial charge < -0.3 is 10.4 Å². The van der Waals surface area contributed by atoms with E-state index in [-0.39, 0.29) is 5.75 Å². The first kappa shape index (κ1) is 12.6. The van der Waals surface area contributed by atoms with Gasteiger partial charge in [-0.2, -0.15) is 0 Å². The summed E-state index contributed by atoms with van der Waals surface area (Å²) >= 11 is 0. The minimum Gasteiger partial charge on any atom is -0.508 e. The van der Waals surface area contributed by atoms with Crippen LogP contribution in [0.1, 0.15) is 16.7 Å². The number of hydrogen-bond acceptors (Lipinski definition) is 2. The first-order valence-electron chi connectivity index (χ1n) is 5.88. The van der Waals surface area contributed by atoms with Crippen LogP contribution in [0.15, 0.2) is 42.5 Å². The van der Waals surface area contributed by atoms with Gasteiger partial charge in [0.2, 0.25) is 0 Å². The molecule has 0 atom stereocenters. The molecule has 0 saturated heterocycles. The Hall–Kier alpha value is -1.87. The van der Waals surface area contributed by atoms with Gasteiger partial charge in [-0.1, -0.05) is 29.8 Å². The molecule has 0 radical (unpaired) electrons. The lowest BCUT2D eigenvalue weighted by atomic mass is 10.1. The normalized spacial score (nSPS) is 10.6. The zero-order valence-corrected chi connectivity index (χ0v) is 10.3. The zero-order valence-electron chi connectivity index (χ0n) is 10.3. The van der Waals surface area contributed by atoms with E-state index < -0.39 is 5.82 Å². The molecule has 0 saturated carbocycles. The van der Waals surface area contributed by atoms with Gasteiger partial charge in [0.25, 0.3) is 0 Å². The first-order chi connectivity index (χ1) is 8.63. The van der Waals surface area contributed by atoms with Crippen LogP contribution in [0.2, 0.25) is 0 Å². The van der Waals surface area contributed by atoms with Crippen molar-refractivity contribution in [3.63, 3.8) is 0 Å². The van der Waals surface area contributed by atoms with Gasteiger partial charge in [0, 0.05) is 19.2 Å². The highest BCUT2D eigenvalue weighted by Gasteiger charge is 1.99. The molecular formula is C15H16FNO. The Kier molecular flexibility index (Phi) is 3.95. The maximum atomic E-state index is 13.0. The molecule has 0 amide bonds. The van der Waals surface area contributed by atoms with Gasteiger partial charge in [-0.15, -0.1) is 0 Å². The second kappa shape index (κ2) is 5.65. The summed E-state index contributed by atoms with van der Waals surface area (Å²) in [4.78, 5) is 0. The van der Waals surface area contributed by atoms with Gasteiger partial charge in [0.15, 0.2) is 0 Å². The van der Waals surface area contributed by atoms with E-state index in [9.17, 15) is 9.50 Å². The van der Waals surface area contributed by atoms with Gasteiger partial charge in [0.05, 0.1) is 0 Å². The smallest absolute Gasteiger partial charge is 0.127 e. The monoisotopic (exact) mass is 245 g/mol. The topological polar surface area (TPSA) is 32.3 Å². The number of halogens is 1. The molecule has 0 aliphatic rings. The number of phenolic OH excluding ortho intramolecular Hbond substituents is 1. The van der Waals surface area contributed by atoms with E-state index in [0.717, 1.165) is 18.2 Å². The summed E-state index contributed by atoms with van der Waals surface area (Å²) in [5.74, 6) is -0.454. The molecule has 2 nitrogen and oxygen atoms in total. The highest BCUT2D eigenvalue weighted by molar-refractivity contribution is 5.28. The molecule has 0 bridgehead atoms. The van der Waals surface area contributed by atoms with Crippen molar-refractivity contribution in [2.75, 3.05) is 0 Å². The van der Waals surface area contributed by atoms with Crippen LogP contribution < -0.4 is 5.32 Å². The fourth-order valence-electron chi connectivity index (χ4n) is 1.79. The average molecular weight is 245 g/mol. The van der Waals surface area contributed by atoms with Gasteiger partial charge >= 0.3 is 0 Å². The van der Waals surface area contributed by atoms with Crippen molar-refractivity contribution >= 4 is 0 Å². The summed E-state index contributed by atoms with van der Waals surface area (Å²) in [5, 5.41) is 12.5. The molecule has 0 fully saturated rings. The molecule has 2 N–H and O–H groups in total. The Morgan fingerprint density at radius 2 is 1.67 bits per heavy atom. The molecule has 18 heavy (non-hydrogen) atoms. The number of hydrogen-bond donors (Lipinski definition) is 2. The molecule has 0 heterocycles. The summed E-state index contributed by atoms with van der Waals surface area (Å²) in [6, 6.07) is 12.3. The van der Waals surface area contributed by atoms with E-state index in [0.29, 0.717) is 6.54 Å². The number of aryl methyl sites for hydroxylation is 1. The van der Waals surface area contributed by atoms with E-state index >= 15 is 0 Å². The second-order valence-corrected chi connectivity index (χ2v) is 4.41. The summed E-state index contributed by atoms with van der Waals surface area (Å²) in [6.07, 6.45) is 0. The molecular weight excluding hydrogens is 229 g/mol. The fourth-order valence-corrected chi connectivity index (χ4v) is 1.79. The number of benzene rings is 2. The van der Waals surface area contributed by atoms with E-state index in [2.05, 4.69) is 29.6 Å². The molecule has 0 aliphatic heterocycles. The Bertz CT molecular complexity index is 502. The standard InChI is InChI=1S/C15H16FNO/c1-11-2-4-12(5-3-11)9-17-10-13-6-14(16)8-15(18)7-13/h2-8,17-18H,9-10H2,1H3. The van der Waals surface area contributed by atoms with Crippen molar-refractivity contribution in [3.05, 3.63) is 65.0 Å². The third kappa shape index (κ3) is 3.57. The van der Waals surface area contributed by atoms with Crippen LogP contribution in [0.25, 0.3) is 0 Å². The molecule has 0 unspecified atom stereocenters. The van der Waals surface area contributed by atoms with Crippen LogP contribution in [0.3, 0.4) is 0 Å². The SMILES string of the molecule is Cc1ccc(CNCc2cc(O)cc(F)c2)cc1. The lowest BCUT2D eigenvalue weighted by molar-refractivity contribution is 0.467. The minimum atomic E-state index is -0.415. The Morgan fingerprint density at radius 3 is 2.33 bits per heavy atom. The highest BCUT2D eigenvalue weighted by atomic mass is 19.1. The van der Waals surface area contributed by atoms with Crippen molar-refractivity contribution in [1.82, 2.24) is 5.32 Å². The minimum absolute atomic E-state index is 0.0397. The maximum Gasteiger partial charge on any atom is 0.127 e. The maximum absolute atomic E-state index is 13.0. The molecule has 2 aromatic rings. The number of aromatic hydroxyl groups is 1. The number of nitrogens with one attached hydrogen (secondary N) is 1. The lowest BCUT2D eigenvalue weighted by Gasteiger charge is -2.06. The van der Waals surface area contributed by atoms with Crippen molar-refractivity contribution in [3.8, 4) is 5.75 Å². The molecule has 0 spiro atoms. The van der Waals surface area contributed by atoms with Crippen molar-refractivity contribution in [2.24, 2.45) is 0 Å². The predicted octanol–water partition coefficient (Wildman–Crippen LogP) is 3.13. The van der Waals surface area contributed by atoms with Gasteiger partial charge in [-0.3, -0.25) is 0 Å². The summed E-state index contributed by atoms with van der Waals surface area (Å²) in [6.45, 7) is 3.30. The van der Waals surface area contributed by atoms with Crippen LogP contribution in [-0.2, 0) is 13.1 Å². The molecule has 0 aliphatic carbocycles. The highest BCUT2D eigenvalue weighted by Crippen LogP contribution is 2.14. The van der Waals surface area contributed by atoms with E-state index in [1.807, 2.05) is 6.92 Å². The fraction of sp³-hybridized carbons (Fsp3) is 0.200. The van der Waals surface area contributed by atoms with Crippen molar-refractivity contribution in [2.45, 2.75) is 20.0 Å². The third-order valence-corrected chi connectivity index (χ3v) is 2.72. The lowest BCUT2D eigenvalue weighted by Crippen LogP contribution is -2.12. The third-order valence-electron chi connectivity index (χ3n) is 2.72. The summed E-state index contributed by atoms with van der Waals surface area (Å²) < 4.78 is 13.0. The van der Waals surface area contributed by atoms with Gasteiger partial charge in [-0.05, 0) is 30.2 Å². The number of phenols is 1. The molecule has 3 heteroatoms. The van der Waals surface area contributed by atoms with Crippen molar-refractivity contribution in [1.29, 1.82) is 0 Å². The van der Waals surface area contributed by atoms with Crippen LogP contribution in [0.5, 0.6) is 5.75 Å². The quantitative estimate of drug-likeness (QED) is 0.867. The van der Waals surface area contributed by atoms with Gasteiger partial charge in [-0.25, -0.2) is 4.39 Å². The van der Waals surface area contributed by atoms with Gasteiger partial charge in [0.1, 0.15) is 11.6 Å². The summed E-state index contributed by atoms with van der Waals surface area (Å²) in [5.41, 5.74) is 3.15. The van der Waals surface area contributed by atoms with Crippen LogP contribution in [-0.4, -0.2) is 5.11 Å². The molecule has 2 rings (SSSR count). The van der Waals surface area contributed by atoms with E-state index in [1.54, 1.807) is 6.07 Å². The largest absolute Gasteiger partial charge is 0.508 e. The van der Waals surface area contributed by atoms with Crippen LogP contribution in [0.4, 0.5) is 4.39 Å². The van der Waals surface area contributed by atoms with E-state index in [1.165, 1.54) is 17.2 Å². The Morgan fingerprint density at radius 1 is 1.00 bits per heavy atom. The Balaban J connectivity index is 1.90. The molecule has 2 aromatic carbocycles. The zero-order chi connectivity index (χ0) is 13.0. The van der Waals surface area contributed by atoms with Crippen LogP contribution >= 0.6 is 0 Å². The van der Waals surface area contributed by atoms with E-state index in [4.69, 9.17) is 0 Å². The Labute approximate surface area is 106 Å². The second-order valence-electron chi connectivity index (χ2n) is 4.41. The first-order valence-corrected chi connectivity index (χ1v) is 5.88. The molecule has 0 aromatic heterocycles.